The van der Waals surface area contributed by atoms with Crippen LogP contribution in [-0.4, -0.2) is 58.0 Å². The molecule has 2 amide bonds. The van der Waals surface area contributed by atoms with Crippen LogP contribution in [0.4, 0.5) is 0 Å². The van der Waals surface area contributed by atoms with E-state index >= 15 is 0 Å². The number of amides is 2. The van der Waals surface area contributed by atoms with Crippen LogP contribution in [0.5, 0.6) is 0 Å². The van der Waals surface area contributed by atoms with E-state index in [1.807, 2.05) is 44.3 Å². The Balaban J connectivity index is 1.78. The molecule has 0 unspecified atom stereocenters. The number of methoxy groups -OCH3 is 1. The van der Waals surface area contributed by atoms with Gasteiger partial charge >= 0.3 is 5.97 Å². The highest BCUT2D eigenvalue weighted by Gasteiger charge is 2.43. The fourth-order valence-corrected chi connectivity index (χ4v) is 4.54. The highest BCUT2D eigenvalue weighted by atomic mass is 32.2. The molecule has 0 bridgehead atoms. The summed E-state index contributed by atoms with van der Waals surface area (Å²) in [6, 6.07) is 6.31. The van der Waals surface area contributed by atoms with Crippen LogP contribution in [0.2, 0.25) is 0 Å². The van der Waals surface area contributed by atoms with Crippen LogP contribution in [-0.2, 0) is 25.5 Å². The van der Waals surface area contributed by atoms with Gasteiger partial charge in [0, 0.05) is 29.3 Å². The number of aromatic amines is 1. The number of hydrogen-bond donors (Lipinski definition) is 2. The number of aromatic nitrogens is 1. The molecule has 2 N–H and O–H groups in total. The number of nitrogens with zero attached hydrogens (tertiary/aromatic N) is 1. The number of hydrogen-bond acceptors (Lipinski definition) is 5. The molecule has 0 saturated carbocycles. The zero-order valence-electron chi connectivity index (χ0n) is 15.5. The minimum Gasteiger partial charge on any atom is -0.467 e. The maximum atomic E-state index is 12.8. The first-order valence-electron chi connectivity index (χ1n) is 8.68. The molecule has 1 aliphatic rings. The van der Waals surface area contributed by atoms with Crippen molar-refractivity contribution in [2.45, 2.75) is 37.2 Å². The average Bonchev–Trinajstić information content (AvgIpc) is 3.20. The lowest BCUT2D eigenvalue weighted by Gasteiger charge is -2.30. The second kappa shape index (κ2) is 7.64. The number of carbonyl (C=O) groups is 3. The summed E-state index contributed by atoms with van der Waals surface area (Å²) in [5.41, 5.74) is 1.87. The third-order valence-corrected chi connectivity index (χ3v) is 6.27. The van der Waals surface area contributed by atoms with Crippen molar-refractivity contribution in [3.8, 4) is 0 Å². The maximum absolute atomic E-state index is 12.8. The molecular weight excluding hydrogens is 366 g/mol. The van der Waals surface area contributed by atoms with E-state index in [-0.39, 0.29) is 5.91 Å². The normalized spacial score (nSPS) is 19.7. The third-order valence-electron chi connectivity index (χ3n) is 4.87. The summed E-state index contributed by atoms with van der Waals surface area (Å²) in [5, 5.41) is 3.77. The van der Waals surface area contributed by atoms with Gasteiger partial charge in [-0.25, -0.2) is 4.79 Å². The van der Waals surface area contributed by atoms with Crippen molar-refractivity contribution in [3.05, 3.63) is 36.0 Å². The number of esters is 1. The van der Waals surface area contributed by atoms with Gasteiger partial charge in [-0.15, -0.1) is 11.8 Å². The van der Waals surface area contributed by atoms with E-state index in [0.29, 0.717) is 18.6 Å². The number of fused-ring (bicyclic) bond motifs is 1. The number of ether oxygens (including phenoxy) is 1. The van der Waals surface area contributed by atoms with Crippen molar-refractivity contribution < 1.29 is 19.1 Å². The molecular formula is C19H23N3O4S. The van der Waals surface area contributed by atoms with Crippen LogP contribution in [0.15, 0.2) is 30.5 Å². The van der Waals surface area contributed by atoms with Crippen molar-refractivity contribution in [2.24, 2.45) is 0 Å². The predicted molar refractivity (Wildman–Crippen MR) is 104 cm³/mol. The molecule has 2 atom stereocenters. The molecule has 2 heterocycles. The van der Waals surface area contributed by atoms with E-state index in [4.69, 9.17) is 4.74 Å². The number of rotatable bonds is 6. The Hall–Kier alpha value is -2.48. The summed E-state index contributed by atoms with van der Waals surface area (Å²) in [5.74, 6) is -0.384. The molecule has 8 heteroatoms. The monoisotopic (exact) mass is 389 g/mol. The summed E-state index contributed by atoms with van der Waals surface area (Å²) < 4.78 is 4.88. The number of thioether (sulfide) groups is 1. The van der Waals surface area contributed by atoms with Crippen molar-refractivity contribution in [3.63, 3.8) is 0 Å². The van der Waals surface area contributed by atoms with Crippen LogP contribution in [0.3, 0.4) is 0 Å². The van der Waals surface area contributed by atoms with Crippen LogP contribution in [0.1, 0.15) is 19.4 Å². The Morgan fingerprint density at radius 3 is 2.89 bits per heavy atom. The standard InChI is InChI=1S/C19H23N3O4S/c1-19(2)22(11-23)16(10-27-19)17(24)21-15(18(25)26-3)8-12-9-20-14-7-5-4-6-13(12)14/h4-7,9,11,15-16,20H,8,10H2,1-3H3,(H,21,24)/t15-,16+/m0/s1. The second-order valence-corrected chi connectivity index (χ2v) is 8.56. The summed E-state index contributed by atoms with van der Waals surface area (Å²) >= 11 is 1.53. The fourth-order valence-electron chi connectivity index (χ4n) is 3.34. The molecule has 2 aromatic rings. The van der Waals surface area contributed by atoms with Crippen LogP contribution in [0.25, 0.3) is 10.9 Å². The van der Waals surface area contributed by atoms with E-state index in [1.54, 1.807) is 0 Å². The zero-order valence-corrected chi connectivity index (χ0v) is 16.3. The molecule has 1 aliphatic heterocycles. The molecule has 1 fully saturated rings. The first-order valence-corrected chi connectivity index (χ1v) is 9.67. The Labute approximate surface area is 161 Å². The van der Waals surface area contributed by atoms with Crippen molar-refractivity contribution in [2.75, 3.05) is 12.9 Å². The zero-order chi connectivity index (χ0) is 19.6. The lowest BCUT2D eigenvalue weighted by atomic mass is 10.0. The lowest BCUT2D eigenvalue weighted by molar-refractivity contribution is -0.146. The van der Waals surface area contributed by atoms with Gasteiger partial charge in [-0.1, -0.05) is 18.2 Å². The Bertz CT molecular complexity index is 864. The number of H-pyrrole nitrogens is 1. The van der Waals surface area contributed by atoms with Crippen LogP contribution in [0, 0.1) is 0 Å². The van der Waals surface area contributed by atoms with Gasteiger partial charge in [0.2, 0.25) is 12.3 Å². The van der Waals surface area contributed by atoms with Gasteiger partial charge in [0.25, 0.3) is 0 Å². The van der Waals surface area contributed by atoms with Crippen LogP contribution < -0.4 is 5.32 Å². The fraction of sp³-hybridized carbons (Fsp3) is 0.421. The summed E-state index contributed by atoms with van der Waals surface area (Å²) in [4.78, 5) is 40.7. The minimum absolute atomic E-state index is 0.298. The Kier molecular flexibility index (Phi) is 5.46. The number of para-hydroxylation sites is 1. The minimum atomic E-state index is -0.830. The van der Waals surface area contributed by atoms with Gasteiger partial charge in [-0.2, -0.15) is 0 Å². The highest BCUT2D eigenvalue weighted by molar-refractivity contribution is 8.00. The quantitative estimate of drug-likeness (QED) is 0.579. The van der Waals surface area contributed by atoms with Gasteiger partial charge in [-0.3, -0.25) is 9.59 Å². The van der Waals surface area contributed by atoms with E-state index in [0.717, 1.165) is 16.5 Å². The van der Waals surface area contributed by atoms with E-state index in [1.165, 1.54) is 23.8 Å². The summed E-state index contributed by atoms with van der Waals surface area (Å²) in [7, 11) is 1.29. The third kappa shape index (κ3) is 3.80. The van der Waals surface area contributed by atoms with E-state index < -0.39 is 22.9 Å². The topological polar surface area (TPSA) is 91.5 Å². The van der Waals surface area contributed by atoms with Crippen LogP contribution >= 0.6 is 11.8 Å². The number of carbonyl (C=O) groups excluding carboxylic acids is 3. The average molecular weight is 389 g/mol. The van der Waals surface area contributed by atoms with Crippen molar-refractivity contribution in [1.82, 2.24) is 15.2 Å². The van der Waals surface area contributed by atoms with Crippen molar-refractivity contribution in [1.29, 1.82) is 0 Å². The lowest BCUT2D eigenvalue weighted by Crippen LogP contribution is -2.53. The number of benzene rings is 1. The van der Waals surface area contributed by atoms with Gasteiger partial charge in [0.15, 0.2) is 0 Å². The molecule has 27 heavy (non-hydrogen) atoms. The van der Waals surface area contributed by atoms with Gasteiger partial charge in [0.1, 0.15) is 12.1 Å². The number of nitrogens with one attached hydrogen (secondary N) is 2. The summed E-state index contributed by atoms with van der Waals surface area (Å²) in [6.07, 6.45) is 2.82. The molecule has 0 aliphatic carbocycles. The first-order chi connectivity index (χ1) is 12.9. The molecule has 1 saturated heterocycles. The largest absolute Gasteiger partial charge is 0.467 e. The molecule has 0 radical (unpaired) electrons. The molecule has 144 valence electrons. The SMILES string of the molecule is COC(=O)[C@H](Cc1c[nH]c2ccccc12)NC(=O)[C@H]1CSC(C)(C)N1C=O. The molecule has 1 aromatic heterocycles. The molecule has 0 spiro atoms. The Morgan fingerprint density at radius 2 is 2.19 bits per heavy atom. The molecule has 3 rings (SSSR count). The molecule has 7 nitrogen and oxygen atoms in total. The Morgan fingerprint density at radius 1 is 1.44 bits per heavy atom. The maximum Gasteiger partial charge on any atom is 0.328 e. The van der Waals surface area contributed by atoms with Gasteiger partial charge in [-0.05, 0) is 25.5 Å². The first kappa shape index (κ1) is 19.3. The smallest absolute Gasteiger partial charge is 0.328 e. The summed E-state index contributed by atoms with van der Waals surface area (Å²) in [6.45, 7) is 3.78. The highest BCUT2D eigenvalue weighted by Crippen LogP contribution is 2.37. The van der Waals surface area contributed by atoms with E-state index in [2.05, 4.69) is 10.3 Å². The second-order valence-electron chi connectivity index (χ2n) is 6.93. The van der Waals surface area contributed by atoms with Gasteiger partial charge < -0.3 is 19.9 Å². The van der Waals surface area contributed by atoms with E-state index in [9.17, 15) is 14.4 Å². The predicted octanol–water partition coefficient (Wildman–Crippen LogP) is 1.68. The van der Waals surface area contributed by atoms with Gasteiger partial charge in [0.05, 0.1) is 12.0 Å². The van der Waals surface area contributed by atoms with Crippen molar-refractivity contribution >= 4 is 41.0 Å². The molecule has 1 aromatic carbocycles.